The molecule has 1 amide bonds. The fourth-order valence-corrected chi connectivity index (χ4v) is 0.479. The lowest BCUT2D eigenvalue weighted by atomic mass is 9.95. The molecule has 76 valence electrons. The molecular formula is C9H17NO3. The van der Waals surface area contributed by atoms with E-state index in [0.29, 0.717) is 0 Å². The monoisotopic (exact) mass is 187 g/mol. The van der Waals surface area contributed by atoms with E-state index in [1.807, 2.05) is 34.6 Å². The Morgan fingerprint density at radius 1 is 1.23 bits per heavy atom. The van der Waals surface area contributed by atoms with Gasteiger partial charge in [0.1, 0.15) is 0 Å². The van der Waals surface area contributed by atoms with Crippen molar-refractivity contribution in [1.29, 1.82) is 0 Å². The highest BCUT2D eigenvalue weighted by molar-refractivity contribution is 5.81. The van der Waals surface area contributed by atoms with E-state index in [2.05, 4.69) is 5.32 Å². The van der Waals surface area contributed by atoms with Gasteiger partial charge in [-0.05, 0) is 13.8 Å². The molecule has 0 rings (SSSR count). The minimum atomic E-state index is -0.260. The van der Waals surface area contributed by atoms with Crippen LogP contribution in [0, 0.1) is 5.41 Å². The zero-order valence-electron chi connectivity index (χ0n) is 8.80. The molecule has 4 nitrogen and oxygen atoms in total. The van der Waals surface area contributed by atoms with Crippen LogP contribution in [-0.4, -0.2) is 18.1 Å². The highest BCUT2D eigenvalue weighted by atomic mass is 16.2. The summed E-state index contributed by atoms with van der Waals surface area (Å²) in [6.07, 6.45) is 0.250. The molecule has 0 heterocycles. The largest absolute Gasteiger partial charge is 0.373 e. The van der Waals surface area contributed by atoms with Crippen molar-refractivity contribution in [3.8, 4) is 0 Å². The minimum Gasteiger partial charge on any atom is -0.353 e. The Balaban J connectivity index is 0. The van der Waals surface area contributed by atoms with E-state index in [-0.39, 0.29) is 23.5 Å². The van der Waals surface area contributed by atoms with Crippen molar-refractivity contribution in [2.75, 3.05) is 0 Å². The van der Waals surface area contributed by atoms with Gasteiger partial charge in [0.2, 0.25) is 5.91 Å². The summed E-state index contributed by atoms with van der Waals surface area (Å²) in [5, 5.41) is 2.84. The molecule has 1 N–H and O–H groups in total. The van der Waals surface area contributed by atoms with Crippen LogP contribution >= 0.6 is 0 Å². The number of carbonyl (C=O) groups is 1. The van der Waals surface area contributed by atoms with Crippen LogP contribution in [0.4, 0.5) is 0 Å². The number of carbonyl (C=O) groups excluding carboxylic acids is 3. The van der Waals surface area contributed by atoms with Gasteiger partial charge in [-0.3, -0.25) is 4.79 Å². The second-order valence-corrected chi connectivity index (χ2v) is 3.96. The third-order valence-corrected chi connectivity index (χ3v) is 1.10. The molecule has 0 atom stereocenters. The highest BCUT2D eigenvalue weighted by Crippen LogP contribution is 2.12. The summed E-state index contributed by atoms with van der Waals surface area (Å²) in [6, 6.07) is 0.242. The van der Waals surface area contributed by atoms with E-state index in [4.69, 9.17) is 9.59 Å². The van der Waals surface area contributed by atoms with Crippen molar-refractivity contribution in [2.24, 2.45) is 5.41 Å². The summed E-state index contributed by atoms with van der Waals surface area (Å²) in [6.45, 7) is 9.65. The van der Waals surface area contributed by atoms with Gasteiger partial charge < -0.3 is 5.32 Å². The topological polar surface area (TPSA) is 63.2 Å². The van der Waals surface area contributed by atoms with E-state index >= 15 is 0 Å². The first kappa shape index (κ1) is 14.4. The van der Waals surface area contributed by atoms with Crippen LogP contribution in [0.15, 0.2) is 0 Å². The van der Waals surface area contributed by atoms with Crippen LogP contribution in [0.2, 0.25) is 0 Å². The maximum atomic E-state index is 11.2. The summed E-state index contributed by atoms with van der Waals surface area (Å²) in [5.74, 6) is 0.113. The molecule has 13 heavy (non-hydrogen) atoms. The molecule has 0 radical (unpaired) electrons. The number of amides is 1. The zero-order valence-corrected chi connectivity index (χ0v) is 8.80. The van der Waals surface area contributed by atoms with Crippen LogP contribution in [0.5, 0.6) is 0 Å². The Labute approximate surface area is 78.7 Å². The van der Waals surface area contributed by atoms with Crippen LogP contribution in [-0.2, 0) is 14.4 Å². The van der Waals surface area contributed by atoms with Crippen LogP contribution < -0.4 is 5.32 Å². The van der Waals surface area contributed by atoms with Gasteiger partial charge in [-0.25, -0.2) is 0 Å². The van der Waals surface area contributed by atoms with Gasteiger partial charge in [-0.15, -0.1) is 0 Å². The van der Waals surface area contributed by atoms with Crippen molar-refractivity contribution >= 4 is 12.1 Å². The second kappa shape index (κ2) is 6.38. The molecule has 0 spiro atoms. The zero-order chi connectivity index (χ0) is 11.1. The van der Waals surface area contributed by atoms with Gasteiger partial charge in [0, 0.05) is 11.5 Å². The van der Waals surface area contributed by atoms with E-state index < -0.39 is 0 Å². The molecule has 0 saturated heterocycles. The lowest BCUT2D eigenvalue weighted by Crippen LogP contribution is -2.38. The lowest BCUT2D eigenvalue weighted by Gasteiger charge is -2.19. The summed E-state index contributed by atoms with van der Waals surface area (Å²) in [4.78, 5) is 27.4. The molecule has 0 aromatic carbocycles. The first-order chi connectivity index (χ1) is 5.75. The molecule has 0 saturated carbocycles. The molecule has 0 aliphatic rings. The quantitative estimate of drug-likeness (QED) is 0.665. The summed E-state index contributed by atoms with van der Waals surface area (Å²) >= 11 is 0. The maximum Gasteiger partial charge on any atom is 0.373 e. The summed E-state index contributed by atoms with van der Waals surface area (Å²) in [5.41, 5.74) is -0.260. The van der Waals surface area contributed by atoms with E-state index in [9.17, 15) is 4.79 Å². The van der Waals surface area contributed by atoms with E-state index in [0.717, 1.165) is 0 Å². The molecule has 0 unspecified atom stereocenters. The molecule has 0 aliphatic carbocycles. The van der Waals surface area contributed by atoms with E-state index in [1.54, 1.807) is 0 Å². The Morgan fingerprint density at radius 3 is 1.62 bits per heavy atom. The second-order valence-electron chi connectivity index (χ2n) is 3.96. The van der Waals surface area contributed by atoms with Crippen molar-refractivity contribution in [3.63, 3.8) is 0 Å². The molecule has 0 aromatic rings. The number of rotatable bonds is 1. The van der Waals surface area contributed by atoms with Crippen molar-refractivity contribution < 1.29 is 14.4 Å². The Bertz CT molecular complexity index is 186. The fourth-order valence-electron chi connectivity index (χ4n) is 0.479. The molecule has 0 bridgehead atoms. The molecule has 0 aliphatic heterocycles. The van der Waals surface area contributed by atoms with Gasteiger partial charge in [0.15, 0.2) is 0 Å². The first-order valence-corrected chi connectivity index (χ1v) is 4.06. The minimum absolute atomic E-state index is 0.113. The number of nitrogens with one attached hydrogen (secondary N) is 1. The predicted molar refractivity (Wildman–Crippen MR) is 47.7 cm³/mol. The summed E-state index contributed by atoms with van der Waals surface area (Å²) < 4.78 is 0. The molecule has 4 heteroatoms. The first-order valence-electron chi connectivity index (χ1n) is 4.06. The molecular weight excluding hydrogens is 170 g/mol. The number of hydrogen-bond donors (Lipinski definition) is 1. The SMILES string of the molecule is CC(C)NC(=O)C(C)(C)C.O=C=O. The summed E-state index contributed by atoms with van der Waals surface area (Å²) in [7, 11) is 0. The third kappa shape index (κ3) is 10.8. The standard InChI is InChI=1S/C8H17NO.CO2/c1-6(2)9-7(10)8(3,4)5;2-1-3/h6H,1-5H3,(H,9,10);. The fraction of sp³-hybridized carbons (Fsp3) is 0.778. The Kier molecular flexibility index (Phi) is 7.05. The van der Waals surface area contributed by atoms with Crippen molar-refractivity contribution in [1.82, 2.24) is 5.32 Å². The lowest BCUT2D eigenvalue weighted by molar-refractivity contribution is -0.191. The maximum absolute atomic E-state index is 11.2. The molecule has 0 aromatic heterocycles. The normalized spacial score (nSPS) is 9.69. The van der Waals surface area contributed by atoms with Crippen molar-refractivity contribution in [2.45, 2.75) is 40.7 Å². The average Bonchev–Trinajstić information content (AvgIpc) is 1.85. The molecule has 0 fully saturated rings. The number of hydrogen-bond acceptors (Lipinski definition) is 3. The highest BCUT2D eigenvalue weighted by Gasteiger charge is 2.20. The van der Waals surface area contributed by atoms with E-state index in [1.165, 1.54) is 0 Å². The van der Waals surface area contributed by atoms with Gasteiger partial charge in [-0.2, -0.15) is 9.59 Å². The van der Waals surface area contributed by atoms with Crippen LogP contribution in [0.1, 0.15) is 34.6 Å². The smallest absolute Gasteiger partial charge is 0.353 e. The van der Waals surface area contributed by atoms with Crippen LogP contribution in [0.3, 0.4) is 0 Å². The van der Waals surface area contributed by atoms with Crippen molar-refractivity contribution in [3.05, 3.63) is 0 Å². The Hall–Kier alpha value is -1.15. The average molecular weight is 187 g/mol. The van der Waals surface area contributed by atoms with Gasteiger partial charge in [0.05, 0.1) is 0 Å². The van der Waals surface area contributed by atoms with Gasteiger partial charge >= 0.3 is 6.15 Å². The Morgan fingerprint density at radius 2 is 1.54 bits per heavy atom. The predicted octanol–water partition coefficient (Wildman–Crippen LogP) is 0.974. The van der Waals surface area contributed by atoms with Gasteiger partial charge in [0.25, 0.3) is 0 Å². The third-order valence-electron chi connectivity index (χ3n) is 1.10. The van der Waals surface area contributed by atoms with Crippen LogP contribution in [0.25, 0.3) is 0 Å². The van der Waals surface area contributed by atoms with Gasteiger partial charge in [-0.1, -0.05) is 20.8 Å².